The molecule has 19 heavy (non-hydrogen) atoms. The lowest BCUT2D eigenvalue weighted by Gasteiger charge is -2.22. The number of nitrogens with two attached hydrogens (primary N) is 1. The molecule has 0 aliphatic heterocycles. The van der Waals surface area contributed by atoms with Gasteiger partial charge in [0.1, 0.15) is 11.9 Å². The van der Waals surface area contributed by atoms with Crippen LogP contribution in [0.4, 0.5) is 0 Å². The maximum atomic E-state index is 10.1. The lowest BCUT2D eigenvalue weighted by Crippen LogP contribution is -2.30. The summed E-state index contributed by atoms with van der Waals surface area (Å²) in [7, 11) is 0. The van der Waals surface area contributed by atoms with Gasteiger partial charge >= 0.3 is 0 Å². The van der Waals surface area contributed by atoms with Gasteiger partial charge < -0.3 is 15.6 Å². The highest BCUT2D eigenvalue weighted by Crippen LogP contribution is 2.33. The van der Waals surface area contributed by atoms with Crippen molar-refractivity contribution in [2.45, 2.75) is 63.2 Å². The van der Waals surface area contributed by atoms with Gasteiger partial charge in [0, 0.05) is 6.04 Å². The lowest BCUT2D eigenvalue weighted by atomic mass is 10.1. The summed E-state index contributed by atoms with van der Waals surface area (Å²) in [5, 5.41) is 10.1. The predicted octanol–water partition coefficient (Wildman–Crippen LogP) is 2.71. The molecule has 3 N–H and O–H groups in total. The Kier molecular flexibility index (Phi) is 3.76. The van der Waals surface area contributed by atoms with Crippen LogP contribution in [-0.4, -0.2) is 17.3 Å². The normalized spacial score (nSPS) is 30.7. The van der Waals surface area contributed by atoms with Gasteiger partial charge in [-0.15, -0.1) is 0 Å². The van der Waals surface area contributed by atoms with E-state index in [4.69, 9.17) is 10.5 Å². The molecule has 3 atom stereocenters. The minimum atomic E-state index is -0.321. The van der Waals surface area contributed by atoms with Gasteiger partial charge in [-0.1, -0.05) is 18.9 Å². The molecule has 3 nitrogen and oxygen atoms in total. The van der Waals surface area contributed by atoms with E-state index in [1.54, 1.807) is 0 Å². The number of rotatable bonds is 2. The molecule has 0 radical (unpaired) electrons. The molecule has 0 bridgehead atoms. The number of ether oxygens (including phenoxy) is 1. The fourth-order valence-electron chi connectivity index (χ4n) is 3.27. The van der Waals surface area contributed by atoms with Crippen molar-refractivity contribution in [3.05, 3.63) is 29.3 Å². The minimum absolute atomic E-state index is 0.0457. The third kappa shape index (κ3) is 2.77. The van der Waals surface area contributed by atoms with Gasteiger partial charge in [0.15, 0.2) is 0 Å². The Bertz CT molecular complexity index is 446. The first kappa shape index (κ1) is 12.9. The third-order valence-corrected chi connectivity index (χ3v) is 4.44. The quantitative estimate of drug-likeness (QED) is 0.805. The van der Waals surface area contributed by atoms with Crippen molar-refractivity contribution in [2.24, 2.45) is 5.73 Å². The molecule has 2 aliphatic rings. The second-order valence-electron chi connectivity index (χ2n) is 5.87. The lowest BCUT2D eigenvalue weighted by molar-refractivity contribution is 0.0319. The van der Waals surface area contributed by atoms with E-state index in [0.29, 0.717) is 0 Å². The van der Waals surface area contributed by atoms with Crippen molar-refractivity contribution in [1.82, 2.24) is 0 Å². The van der Waals surface area contributed by atoms with Gasteiger partial charge in [-0.05, 0) is 55.4 Å². The molecule has 2 unspecified atom stereocenters. The number of hydrogen-bond donors (Lipinski definition) is 2. The maximum Gasteiger partial charge on any atom is 0.124 e. The van der Waals surface area contributed by atoms with Crippen LogP contribution in [0, 0.1) is 0 Å². The molecule has 0 heterocycles. The molecule has 1 aromatic rings. The predicted molar refractivity (Wildman–Crippen MR) is 75.2 cm³/mol. The molecule has 0 spiro atoms. The molecular formula is C16H23NO2. The third-order valence-electron chi connectivity index (χ3n) is 4.44. The monoisotopic (exact) mass is 261 g/mol. The summed E-state index contributed by atoms with van der Waals surface area (Å²) in [5.74, 6) is 0.888. The Balaban J connectivity index is 1.72. The zero-order valence-corrected chi connectivity index (χ0v) is 11.3. The molecule has 0 amide bonds. The maximum absolute atomic E-state index is 10.1. The molecule has 2 aliphatic carbocycles. The van der Waals surface area contributed by atoms with Crippen LogP contribution in [0.5, 0.6) is 5.75 Å². The average molecular weight is 261 g/mol. The smallest absolute Gasteiger partial charge is 0.124 e. The highest BCUT2D eigenvalue weighted by Gasteiger charge is 2.24. The van der Waals surface area contributed by atoms with Gasteiger partial charge in [-0.25, -0.2) is 0 Å². The molecular weight excluding hydrogens is 238 g/mol. The van der Waals surface area contributed by atoms with Crippen molar-refractivity contribution in [1.29, 1.82) is 0 Å². The zero-order chi connectivity index (χ0) is 13.2. The van der Waals surface area contributed by atoms with E-state index in [-0.39, 0.29) is 18.2 Å². The Morgan fingerprint density at radius 2 is 1.95 bits per heavy atom. The van der Waals surface area contributed by atoms with E-state index in [1.807, 2.05) is 6.07 Å². The SMILES string of the molecule is N[C@@H]1CCc2cc(OC3CCCCCC3O)ccc21. The van der Waals surface area contributed by atoms with Crippen LogP contribution in [0.2, 0.25) is 0 Å². The average Bonchev–Trinajstić information content (AvgIpc) is 2.65. The van der Waals surface area contributed by atoms with E-state index < -0.39 is 0 Å². The van der Waals surface area contributed by atoms with Crippen LogP contribution in [-0.2, 0) is 6.42 Å². The van der Waals surface area contributed by atoms with Gasteiger partial charge in [0.2, 0.25) is 0 Å². The van der Waals surface area contributed by atoms with Gasteiger partial charge in [-0.3, -0.25) is 0 Å². The van der Waals surface area contributed by atoms with Crippen LogP contribution < -0.4 is 10.5 Å². The van der Waals surface area contributed by atoms with E-state index in [0.717, 1.165) is 44.3 Å². The highest BCUT2D eigenvalue weighted by atomic mass is 16.5. The Morgan fingerprint density at radius 3 is 2.84 bits per heavy atom. The molecule has 0 aromatic heterocycles. The summed E-state index contributed by atoms with van der Waals surface area (Å²) in [6.45, 7) is 0. The fourth-order valence-corrected chi connectivity index (χ4v) is 3.27. The summed E-state index contributed by atoms with van der Waals surface area (Å²) < 4.78 is 6.02. The van der Waals surface area contributed by atoms with Crippen LogP contribution >= 0.6 is 0 Å². The number of aryl methyl sites for hydroxylation is 1. The second-order valence-corrected chi connectivity index (χ2v) is 5.87. The molecule has 3 heteroatoms. The Labute approximate surface area is 114 Å². The number of fused-ring (bicyclic) bond motifs is 1. The molecule has 0 saturated heterocycles. The van der Waals surface area contributed by atoms with Gasteiger partial charge in [0.25, 0.3) is 0 Å². The number of hydrogen-bond acceptors (Lipinski definition) is 3. The standard InChI is InChI=1S/C16H23NO2/c17-14-9-6-11-10-12(7-8-13(11)14)19-16-5-3-1-2-4-15(16)18/h7-8,10,14-16,18H,1-6,9,17H2/t14-,15?,16?/m1/s1. The largest absolute Gasteiger partial charge is 0.488 e. The first-order valence-corrected chi connectivity index (χ1v) is 7.47. The molecule has 104 valence electrons. The van der Waals surface area contributed by atoms with E-state index >= 15 is 0 Å². The van der Waals surface area contributed by atoms with Crippen LogP contribution in [0.1, 0.15) is 55.7 Å². The summed E-state index contributed by atoms with van der Waals surface area (Å²) >= 11 is 0. The first-order chi connectivity index (χ1) is 9.24. The molecule has 3 rings (SSSR count). The number of aliphatic hydroxyl groups excluding tert-OH is 1. The summed E-state index contributed by atoms with van der Waals surface area (Å²) in [6, 6.07) is 6.39. The summed E-state index contributed by atoms with van der Waals surface area (Å²) in [4.78, 5) is 0. The van der Waals surface area contributed by atoms with Crippen LogP contribution in [0.3, 0.4) is 0 Å². The summed E-state index contributed by atoms with van der Waals surface area (Å²) in [6.07, 6.45) is 6.99. The van der Waals surface area contributed by atoms with E-state index in [2.05, 4.69) is 12.1 Å². The van der Waals surface area contributed by atoms with Crippen molar-refractivity contribution >= 4 is 0 Å². The molecule has 1 saturated carbocycles. The topological polar surface area (TPSA) is 55.5 Å². The van der Waals surface area contributed by atoms with Crippen LogP contribution in [0.25, 0.3) is 0 Å². The highest BCUT2D eigenvalue weighted by molar-refractivity contribution is 5.40. The number of benzene rings is 1. The second kappa shape index (κ2) is 5.51. The fraction of sp³-hybridized carbons (Fsp3) is 0.625. The number of aliphatic hydroxyl groups is 1. The molecule has 1 aromatic carbocycles. The summed E-state index contributed by atoms with van der Waals surface area (Å²) in [5.41, 5.74) is 8.61. The Morgan fingerprint density at radius 1 is 1.11 bits per heavy atom. The molecule has 1 fully saturated rings. The van der Waals surface area contributed by atoms with E-state index in [1.165, 1.54) is 17.5 Å². The van der Waals surface area contributed by atoms with Crippen molar-refractivity contribution in [3.8, 4) is 5.75 Å². The minimum Gasteiger partial charge on any atom is -0.488 e. The van der Waals surface area contributed by atoms with Crippen molar-refractivity contribution < 1.29 is 9.84 Å². The Hall–Kier alpha value is -1.06. The van der Waals surface area contributed by atoms with Gasteiger partial charge in [-0.2, -0.15) is 0 Å². The van der Waals surface area contributed by atoms with Gasteiger partial charge in [0.05, 0.1) is 6.10 Å². The van der Waals surface area contributed by atoms with Crippen LogP contribution in [0.15, 0.2) is 18.2 Å². The first-order valence-electron chi connectivity index (χ1n) is 7.47. The van der Waals surface area contributed by atoms with Crippen molar-refractivity contribution in [3.63, 3.8) is 0 Å². The zero-order valence-electron chi connectivity index (χ0n) is 11.3. The van der Waals surface area contributed by atoms with Crippen molar-refractivity contribution in [2.75, 3.05) is 0 Å². The van der Waals surface area contributed by atoms with E-state index in [9.17, 15) is 5.11 Å².